The van der Waals surface area contributed by atoms with E-state index in [1.54, 1.807) is 22.7 Å². The summed E-state index contributed by atoms with van der Waals surface area (Å²) in [6.45, 7) is 3.01. The van der Waals surface area contributed by atoms with Crippen molar-refractivity contribution in [2.45, 2.75) is 19.4 Å². The van der Waals surface area contributed by atoms with Crippen LogP contribution in [-0.2, 0) is 4.79 Å². The Morgan fingerprint density at radius 2 is 2.19 bits per heavy atom. The van der Waals surface area contributed by atoms with Crippen LogP contribution >= 0.6 is 0 Å². The average Bonchev–Trinajstić information content (AvgIpc) is 3.40. The Balaban J connectivity index is 1.35. The van der Waals surface area contributed by atoms with E-state index in [-0.39, 0.29) is 18.6 Å². The molecule has 4 rings (SSSR count). The fraction of sp³-hybridized carbons (Fsp3) is 0.353. The molecule has 9 heteroatoms. The Kier molecular flexibility index (Phi) is 4.34. The lowest BCUT2D eigenvalue weighted by Gasteiger charge is -2.16. The van der Waals surface area contributed by atoms with Gasteiger partial charge in [0.2, 0.25) is 0 Å². The number of carbonyl (C=O) groups is 1. The zero-order valence-corrected chi connectivity index (χ0v) is 14.3. The van der Waals surface area contributed by atoms with Crippen LogP contribution in [0.1, 0.15) is 18.3 Å². The number of hydrogen-bond donors (Lipinski definition) is 0. The number of ether oxygens (including phenoxy) is 1. The Bertz CT molecular complexity index is 891. The third-order valence-corrected chi connectivity index (χ3v) is 4.25. The van der Waals surface area contributed by atoms with Gasteiger partial charge in [0.1, 0.15) is 5.75 Å². The van der Waals surface area contributed by atoms with E-state index >= 15 is 0 Å². The summed E-state index contributed by atoms with van der Waals surface area (Å²) >= 11 is 0. The summed E-state index contributed by atoms with van der Waals surface area (Å²) in [6.07, 6.45) is 2.58. The Hall–Kier alpha value is -3.23. The monoisotopic (exact) mass is 354 g/mol. The zero-order valence-electron chi connectivity index (χ0n) is 14.3. The molecular formula is C17H18N6O3. The van der Waals surface area contributed by atoms with E-state index in [0.29, 0.717) is 36.2 Å². The van der Waals surface area contributed by atoms with Crippen LogP contribution in [0.3, 0.4) is 0 Å². The van der Waals surface area contributed by atoms with Gasteiger partial charge in [-0.3, -0.25) is 4.79 Å². The van der Waals surface area contributed by atoms with E-state index < -0.39 is 0 Å². The van der Waals surface area contributed by atoms with Gasteiger partial charge in [0.05, 0.1) is 12.2 Å². The number of benzene rings is 1. The molecule has 0 N–H and O–H groups in total. The Labute approximate surface area is 149 Å². The largest absolute Gasteiger partial charge is 0.484 e. The number of aryl methyl sites for hydroxylation is 1. The van der Waals surface area contributed by atoms with Gasteiger partial charge in [0.25, 0.3) is 11.8 Å². The maximum Gasteiger partial charge on any atom is 0.280 e. The van der Waals surface area contributed by atoms with E-state index in [4.69, 9.17) is 9.26 Å². The minimum Gasteiger partial charge on any atom is -0.484 e. The van der Waals surface area contributed by atoms with Crippen LogP contribution in [0.5, 0.6) is 5.75 Å². The highest BCUT2D eigenvalue weighted by Crippen LogP contribution is 2.23. The topological polar surface area (TPSA) is 99.2 Å². The lowest BCUT2D eigenvalue weighted by molar-refractivity contribution is -0.132. The van der Waals surface area contributed by atoms with Gasteiger partial charge in [0, 0.05) is 13.1 Å². The van der Waals surface area contributed by atoms with Gasteiger partial charge in [-0.15, -0.1) is 5.10 Å². The third kappa shape index (κ3) is 3.41. The SMILES string of the molecule is Cc1noc(-c2cn([C@@H]3CCN(C(=O)COc4ccccc4)C3)nn2)n1. The molecular weight excluding hydrogens is 336 g/mol. The molecule has 1 fully saturated rings. The first-order chi connectivity index (χ1) is 12.7. The second kappa shape index (κ2) is 6.95. The lowest BCUT2D eigenvalue weighted by Crippen LogP contribution is -2.33. The first kappa shape index (κ1) is 16.2. The quantitative estimate of drug-likeness (QED) is 0.684. The smallest absolute Gasteiger partial charge is 0.280 e. The molecule has 1 amide bonds. The number of amides is 1. The van der Waals surface area contributed by atoms with Crippen molar-refractivity contribution in [3.05, 3.63) is 42.4 Å². The van der Waals surface area contributed by atoms with Crippen LogP contribution in [0.15, 0.2) is 41.1 Å². The first-order valence-corrected chi connectivity index (χ1v) is 8.37. The summed E-state index contributed by atoms with van der Waals surface area (Å²) in [7, 11) is 0. The second-order valence-corrected chi connectivity index (χ2v) is 6.11. The van der Waals surface area contributed by atoms with Crippen LogP contribution in [0.2, 0.25) is 0 Å². The van der Waals surface area contributed by atoms with E-state index in [0.717, 1.165) is 6.42 Å². The van der Waals surface area contributed by atoms with Gasteiger partial charge >= 0.3 is 0 Å². The van der Waals surface area contributed by atoms with Crippen LogP contribution in [0.4, 0.5) is 0 Å². The van der Waals surface area contributed by atoms with Crippen molar-refractivity contribution >= 4 is 5.91 Å². The van der Waals surface area contributed by atoms with Crippen molar-refractivity contribution in [1.82, 2.24) is 30.0 Å². The molecule has 134 valence electrons. The second-order valence-electron chi connectivity index (χ2n) is 6.11. The van der Waals surface area contributed by atoms with Gasteiger partial charge in [-0.25, -0.2) is 4.68 Å². The fourth-order valence-corrected chi connectivity index (χ4v) is 2.89. The zero-order chi connectivity index (χ0) is 17.9. The number of likely N-dealkylation sites (tertiary alicyclic amines) is 1. The van der Waals surface area contributed by atoms with Crippen LogP contribution in [0, 0.1) is 6.92 Å². The van der Waals surface area contributed by atoms with Gasteiger partial charge in [-0.2, -0.15) is 4.98 Å². The van der Waals surface area contributed by atoms with Crippen LogP contribution in [0.25, 0.3) is 11.6 Å². The normalized spacial score (nSPS) is 16.8. The molecule has 0 saturated carbocycles. The predicted molar refractivity (Wildman–Crippen MR) is 90.2 cm³/mol. The first-order valence-electron chi connectivity index (χ1n) is 8.37. The maximum absolute atomic E-state index is 12.3. The van der Waals surface area contributed by atoms with Gasteiger partial charge in [-0.05, 0) is 25.5 Å². The molecule has 0 radical (unpaired) electrons. The number of carbonyl (C=O) groups excluding carboxylic acids is 1. The van der Waals surface area contributed by atoms with Crippen molar-refractivity contribution in [3.63, 3.8) is 0 Å². The number of rotatable bonds is 5. The van der Waals surface area contributed by atoms with Crippen molar-refractivity contribution in [3.8, 4) is 17.3 Å². The number of nitrogens with zero attached hydrogens (tertiary/aromatic N) is 6. The molecule has 26 heavy (non-hydrogen) atoms. The van der Waals surface area contributed by atoms with Crippen molar-refractivity contribution in [2.75, 3.05) is 19.7 Å². The summed E-state index contributed by atoms with van der Waals surface area (Å²) < 4.78 is 12.4. The summed E-state index contributed by atoms with van der Waals surface area (Å²) in [5.74, 6) is 1.54. The summed E-state index contributed by atoms with van der Waals surface area (Å²) in [4.78, 5) is 18.3. The average molecular weight is 354 g/mol. The summed E-state index contributed by atoms with van der Waals surface area (Å²) in [6, 6.07) is 9.38. The molecule has 1 aromatic carbocycles. The number of para-hydroxylation sites is 1. The van der Waals surface area contributed by atoms with E-state index in [1.807, 2.05) is 30.3 Å². The molecule has 1 atom stereocenters. The molecule has 1 saturated heterocycles. The van der Waals surface area contributed by atoms with Gasteiger partial charge < -0.3 is 14.2 Å². The number of aromatic nitrogens is 5. The van der Waals surface area contributed by atoms with Crippen LogP contribution in [-0.4, -0.2) is 55.6 Å². The van der Waals surface area contributed by atoms with E-state index in [9.17, 15) is 4.79 Å². The van der Waals surface area contributed by atoms with Gasteiger partial charge in [0.15, 0.2) is 18.1 Å². The summed E-state index contributed by atoms with van der Waals surface area (Å²) in [5, 5.41) is 12.0. The minimum atomic E-state index is -0.0378. The molecule has 0 bridgehead atoms. The standard InChI is InChI=1S/C17H18N6O3/c1-12-18-17(26-20-12)15-10-23(21-19-15)13-7-8-22(9-13)16(24)11-25-14-5-3-2-4-6-14/h2-6,10,13H,7-9,11H2,1H3/t13-/m1/s1. The van der Waals surface area contributed by atoms with Crippen molar-refractivity contribution in [1.29, 1.82) is 0 Å². The molecule has 3 aromatic rings. The van der Waals surface area contributed by atoms with Crippen LogP contribution < -0.4 is 4.74 Å². The molecule has 3 heterocycles. The maximum atomic E-state index is 12.3. The summed E-state index contributed by atoms with van der Waals surface area (Å²) in [5.41, 5.74) is 0.530. The highest BCUT2D eigenvalue weighted by Gasteiger charge is 2.29. The molecule has 0 aliphatic carbocycles. The van der Waals surface area contributed by atoms with Crippen molar-refractivity contribution < 1.29 is 14.1 Å². The Morgan fingerprint density at radius 1 is 1.35 bits per heavy atom. The number of hydrogen-bond acceptors (Lipinski definition) is 7. The molecule has 1 aliphatic rings. The highest BCUT2D eigenvalue weighted by molar-refractivity contribution is 5.78. The predicted octanol–water partition coefficient (Wildman–Crippen LogP) is 1.49. The van der Waals surface area contributed by atoms with E-state index in [1.165, 1.54) is 0 Å². The van der Waals surface area contributed by atoms with Crippen molar-refractivity contribution in [2.24, 2.45) is 0 Å². The minimum absolute atomic E-state index is 0.0284. The fourth-order valence-electron chi connectivity index (χ4n) is 2.89. The molecule has 9 nitrogen and oxygen atoms in total. The molecule has 0 unspecified atom stereocenters. The molecule has 0 spiro atoms. The van der Waals surface area contributed by atoms with E-state index in [2.05, 4.69) is 20.5 Å². The van der Waals surface area contributed by atoms with Gasteiger partial charge in [-0.1, -0.05) is 28.6 Å². The lowest BCUT2D eigenvalue weighted by atomic mass is 10.3. The Morgan fingerprint density at radius 3 is 2.96 bits per heavy atom. The molecule has 2 aromatic heterocycles. The third-order valence-electron chi connectivity index (χ3n) is 4.25. The highest BCUT2D eigenvalue weighted by atomic mass is 16.5. The molecule has 1 aliphatic heterocycles.